The van der Waals surface area contributed by atoms with Crippen molar-refractivity contribution >= 4 is 11.1 Å². The monoisotopic (exact) mass is 444 g/mol. The van der Waals surface area contributed by atoms with Crippen LogP contribution in [0.3, 0.4) is 0 Å². The maximum atomic E-state index is 10.5. The number of piperidine rings is 1. The van der Waals surface area contributed by atoms with Crippen LogP contribution in [0.1, 0.15) is 24.3 Å². The number of likely N-dealkylation sites (tertiary alicyclic amines) is 1. The first-order valence-corrected chi connectivity index (χ1v) is 11.4. The Morgan fingerprint density at radius 1 is 0.909 bits per heavy atom. The Balaban J connectivity index is 1.06. The minimum atomic E-state index is -0.533. The van der Waals surface area contributed by atoms with Gasteiger partial charge in [-0.3, -0.25) is 0 Å². The van der Waals surface area contributed by atoms with E-state index in [0.29, 0.717) is 29.5 Å². The first kappa shape index (κ1) is 21.5. The van der Waals surface area contributed by atoms with E-state index >= 15 is 0 Å². The zero-order valence-electron chi connectivity index (χ0n) is 18.5. The van der Waals surface area contributed by atoms with Crippen LogP contribution >= 0.6 is 0 Å². The molecule has 1 fully saturated rings. The minimum Gasteiger partial charge on any atom is -0.491 e. The van der Waals surface area contributed by atoms with Gasteiger partial charge in [0, 0.05) is 6.54 Å². The van der Waals surface area contributed by atoms with Crippen LogP contribution in [0.4, 0.5) is 0 Å². The highest BCUT2D eigenvalue weighted by Crippen LogP contribution is 2.28. The summed E-state index contributed by atoms with van der Waals surface area (Å²) in [7, 11) is 0. The van der Waals surface area contributed by atoms with Crippen LogP contribution in [0.5, 0.6) is 17.6 Å². The highest BCUT2D eigenvalue weighted by atomic mass is 16.6. The van der Waals surface area contributed by atoms with E-state index in [1.807, 2.05) is 36.4 Å². The molecule has 33 heavy (non-hydrogen) atoms. The average molecular weight is 445 g/mol. The molecule has 1 aliphatic heterocycles. The molecule has 1 unspecified atom stereocenters. The molecule has 6 nitrogen and oxygen atoms in total. The number of benzene rings is 3. The van der Waals surface area contributed by atoms with Gasteiger partial charge in [-0.25, -0.2) is 0 Å². The fourth-order valence-corrected chi connectivity index (χ4v) is 4.32. The molecule has 6 heteroatoms. The number of rotatable bonds is 8. The largest absolute Gasteiger partial charge is 0.491 e. The van der Waals surface area contributed by atoms with E-state index in [0.717, 1.165) is 31.4 Å². The van der Waals surface area contributed by atoms with E-state index in [4.69, 9.17) is 13.9 Å². The smallest absolute Gasteiger partial charge is 0.400 e. The number of hydrogen-bond donors (Lipinski definition) is 1. The van der Waals surface area contributed by atoms with Crippen molar-refractivity contribution in [3.63, 3.8) is 0 Å². The Hall–Kier alpha value is -3.35. The van der Waals surface area contributed by atoms with Gasteiger partial charge in [0.15, 0.2) is 5.58 Å². The van der Waals surface area contributed by atoms with Crippen molar-refractivity contribution in [3.8, 4) is 17.6 Å². The van der Waals surface area contributed by atoms with Gasteiger partial charge in [0.2, 0.25) is 0 Å². The molecule has 0 spiro atoms. The number of aliphatic hydroxyl groups is 1. The van der Waals surface area contributed by atoms with Gasteiger partial charge in [-0.15, -0.1) is 0 Å². The zero-order chi connectivity index (χ0) is 22.5. The van der Waals surface area contributed by atoms with Crippen molar-refractivity contribution in [3.05, 3.63) is 84.4 Å². The zero-order valence-corrected chi connectivity index (χ0v) is 18.5. The van der Waals surface area contributed by atoms with E-state index in [1.54, 1.807) is 12.1 Å². The van der Waals surface area contributed by atoms with Crippen molar-refractivity contribution in [2.75, 3.05) is 26.2 Å². The molecule has 2 heterocycles. The lowest BCUT2D eigenvalue weighted by molar-refractivity contribution is 0.0594. The van der Waals surface area contributed by atoms with Gasteiger partial charge in [0.05, 0.1) is 0 Å². The number of β-amino-alcohol motifs (C(OH)–C–C–N with tert-alkyl or cyclic N) is 1. The predicted molar refractivity (Wildman–Crippen MR) is 127 cm³/mol. The van der Waals surface area contributed by atoms with Crippen molar-refractivity contribution < 1.29 is 19.0 Å². The van der Waals surface area contributed by atoms with Gasteiger partial charge in [-0.05, 0) is 73.8 Å². The molecular formula is C27H28N2O4. The van der Waals surface area contributed by atoms with E-state index in [2.05, 4.69) is 40.2 Å². The normalized spacial score (nSPS) is 16.0. The minimum absolute atomic E-state index is 0.205. The molecule has 1 N–H and O–H groups in total. The lowest BCUT2D eigenvalue weighted by Gasteiger charge is -2.33. The summed E-state index contributed by atoms with van der Waals surface area (Å²) < 4.78 is 17.1. The Morgan fingerprint density at radius 2 is 1.61 bits per heavy atom. The number of aromatic nitrogens is 1. The van der Waals surface area contributed by atoms with E-state index in [-0.39, 0.29) is 12.7 Å². The Bertz CT molecular complexity index is 1120. The SMILES string of the molecule is OC(COc1ccc(Oc2nc3ccccc3o2)cc1)CN1CCC(c2ccccc2)CC1. The van der Waals surface area contributed by atoms with Crippen LogP contribution in [0, 0.1) is 0 Å². The summed E-state index contributed by atoms with van der Waals surface area (Å²) in [6, 6.07) is 25.5. The Morgan fingerprint density at radius 3 is 2.36 bits per heavy atom. The number of para-hydroxylation sites is 2. The molecule has 3 aromatic carbocycles. The highest BCUT2D eigenvalue weighted by Gasteiger charge is 2.22. The lowest BCUT2D eigenvalue weighted by atomic mass is 9.89. The second kappa shape index (κ2) is 10.1. The quantitative estimate of drug-likeness (QED) is 0.401. The molecule has 0 saturated carbocycles. The maximum Gasteiger partial charge on any atom is 0.400 e. The molecule has 4 aromatic rings. The standard InChI is InChI=1S/C27H28N2O4/c30-22(18-29-16-14-21(15-17-29)20-6-2-1-3-7-20)19-31-23-10-12-24(13-11-23)32-27-28-25-8-4-5-9-26(25)33-27/h1-13,21-22,30H,14-19H2. The summed E-state index contributed by atoms with van der Waals surface area (Å²) in [5, 5.41) is 10.5. The lowest BCUT2D eigenvalue weighted by Crippen LogP contribution is -2.40. The molecule has 0 bridgehead atoms. The van der Waals surface area contributed by atoms with Crippen LogP contribution in [0.2, 0.25) is 0 Å². The van der Waals surface area contributed by atoms with Gasteiger partial charge in [-0.2, -0.15) is 4.98 Å². The highest BCUT2D eigenvalue weighted by molar-refractivity contribution is 5.72. The van der Waals surface area contributed by atoms with Gasteiger partial charge < -0.3 is 23.9 Å². The van der Waals surface area contributed by atoms with E-state index < -0.39 is 6.10 Å². The van der Waals surface area contributed by atoms with Crippen LogP contribution in [-0.4, -0.2) is 47.3 Å². The average Bonchev–Trinajstić information content (AvgIpc) is 3.27. The number of nitrogens with zero attached hydrogens (tertiary/aromatic N) is 2. The van der Waals surface area contributed by atoms with Gasteiger partial charge in [0.1, 0.15) is 29.7 Å². The molecule has 1 saturated heterocycles. The molecule has 1 aliphatic rings. The fourth-order valence-electron chi connectivity index (χ4n) is 4.32. The van der Waals surface area contributed by atoms with E-state index in [9.17, 15) is 5.11 Å². The topological polar surface area (TPSA) is 68.0 Å². The van der Waals surface area contributed by atoms with Gasteiger partial charge in [0.25, 0.3) is 0 Å². The number of aliphatic hydroxyl groups excluding tert-OH is 1. The molecule has 5 rings (SSSR count). The van der Waals surface area contributed by atoms with Crippen molar-refractivity contribution in [1.82, 2.24) is 9.88 Å². The summed E-state index contributed by atoms with van der Waals surface area (Å²) in [4.78, 5) is 6.63. The molecule has 1 aromatic heterocycles. The van der Waals surface area contributed by atoms with Crippen molar-refractivity contribution in [1.29, 1.82) is 0 Å². The number of hydrogen-bond acceptors (Lipinski definition) is 6. The van der Waals surface area contributed by atoms with Gasteiger partial charge >= 0.3 is 6.08 Å². The van der Waals surface area contributed by atoms with E-state index in [1.165, 1.54) is 5.56 Å². The van der Waals surface area contributed by atoms with Crippen molar-refractivity contribution in [2.45, 2.75) is 24.9 Å². The molecule has 0 amide bonds. The third-order valence-electron chi connectivity index (χ3n) is 6.07. The molecule has 0 aliphatic carbocycles. The maximum absolute atomic E-state index is 10.5. The Labute approximate surface area is 193 Å². The molecule has 170 valence electrons. The molecule has 0 radical (unpaired) electrons. The summed E-state index contributed by atoms with van der Waals surface area (Å²) >= 11 is 0. The van der Waals surface area contributed by atoms with Crippen LogP contribution in [0.15, 0.2) is 83.3 Å². The third-order valence-corrected chi connectivity index (χ3v) is 6.07. The Kier molecular flexibility index (Phi) is 6.56. The molecular weight excluding hydrogens is 416 g/mol. The van der Waals surface area contributed by atoms with Crippen LogP contribution < -0.4 is 9.47 Å². The fraction of sp³-hybridized carbons (Fsp3) is 0.296. The van der Waals surface area contributed by atoms with Crippen molar-refractivity contribution in [2.24, 2.45) is 0 Å². The summed E-state index contributed by atoms with van der Waals surface area (Å²) in [5.41, 5.74) is 2.86. The molecule has 1 atom stereocenters. The second-order valence-corrected chi connectivity index (χ2v) is 8.47. The first-order valence-electron chi connectivity index (χ1n) is 11.4. The third kappa shape index (κ3) is 5.53. The first-order chi connectivity index (χ1) is 16.2. The summed E-state index contributed by atoms with van der Waals surface area (Å²) in [6.45, 7) is 2.88. The summed E-state index contributed by atoms with van der Waals surface area (Å²) in [5.74, 6) is 1.91. The second-order valence-electron chi connectivity index (χ2n) is 8.47. The predicted octanol–water partition coefficient (Wildman–Crippen LogP) is 5.24. The number of fused-ring (bicyclic) bond motifs is 1. The van der Waals surface area contributed by atoms with Crippen LogP contribution in [0.25, 0.3) is 11.1 Å². The number of oxazole rings is 1. The number of ether oxygens (including phenoxy) is 2. The summed E-state index contributed by atoms with van der Waals surface area (Å²) in [6.07, 6.45) is 1.92. The van der Waals surface area contributed by atoms with Gasteiger partial charge in [-0.1, -0.05) is 42.5 Å². The van der Waals surface area contributed by atoms with Crippen LogP contribution in [-0.2, 0) is 0 Å².